The molecule has 1 unspecified atom stereocenters. The SMILES string of the molecule is N=C(Cc1nc(N=CCSOO[O-])nc(Nc2ccc(C=Cc3ccc(Nc4nc(NCCS(=O)(=O)[O-])nc(NCCS(=O)(=O)[O-])n4)cc3SOO[O-])c(S(=O)(=O)[O-])c2)n1)S(=O)O[O-].[Na+].[Na+].[Na+].[Na+].[Na+].[Na+]. The fourth-order valence-corrected chi connectivity index (χ4v) is 6.95. The van der Waals surface area contributed by atoms with Gasteiger partial charge in [0.25, 0.3) is 5.95 Å². The molecule has 348 valence electrons. The summed E-state index contributed by atoms with van der Waals surface area (Å²) in [6, 6.07) is 7.69. The number of benzene rings is 2. The summed E-state index contributed by atoms with van der Waals surface area (Å²) < 4.78 is 127. The van der Waals surface area contributed by atoms with Gasteiger partial charge in [-0.05, 0) is 35.4 Å². The Morgan fingerprint density at radius 1 is 0.700 bits per heavy atom. The fourth-order valence-electron chi connectivity index (χ4n) is 4.48. The molecule has 0 fully saturated rings. The topological polar surface area (TPSA) is 466 Å². The van der Waals surface area contributed by atoms with Crippen LogP contribution in [0, 0.1) is 5.41 Å². The van der Waals surface area contributed by atoms with Crippen molar-refractivity contribution < 1.29 is 259 Å². The summed E-state index contributed by atoms with van der Waals surface area (Å²) in [6.45, 7) is -0.857. The van der Waals surface area contributed by atoms with E-state index in [1.54, 1.807) is 0 Å². The number of hydrogen-bond acceptors (Lipinski definition) is 32. The molecule has 0 radical (unpaired) electrons. The zero-order valence-corrected chi connectivity index (χ0v) is 54.3. The van der Waals surface area contributed by atoms with Crippen LogP contribution in [0.5, 0.6) is 0 Å². The van der Waals surface area contributed by atoms with Gasteiger partial charge in [-0.3, -0.25) is 15.5 Å². The van der Waals surface area contributed by atoms with Gasteiger partial charge in [0.1, 0.15) is 21.0 Å². The first-order valence-electron chi connectivity index (χ1n) is 16.6. The van der Waals surface area contributed by atoms with Crippen molar-refractivity contribution in [3.63, 3.8) is 0 Å². The van der Waals surface area contributed by atoms with Gasteiger partial charge in [0.2, 0.25) is 23.8 Å². The zero-order valence-electron chi connectivity index (χ0n) is 37.4. The van der Waals surface area contributed by atoms with Gasteiger partial charge in [0.05, 0.1) is 60.9 Å². The van der Waals surface area contributed by atoms with Gasteiger partial charge >= 0.3 is 177 Å². The van der Waals surface area contributed by atoms with Crippen molar-refractivity contribution in [3.8, 4) is 0 Å². The number of nitrogens with zero attached hydrogens (tertiary/aromatic N) is 7. The van der Waals surface area contributed by atoms with Crippen molar-refractivity contribution in [1.29, 1.82) is 5.41 Å². The minimum absolute atomic E-state index is 0. The van der Waals surface area contributed by atoms with Crippen LogP contribution in [-0.4, -0.2) is 115 Å². The van der Waals surface area contributed by atoms with E-state index in [0.717, 1.165) is 6.07 Å². The van der Waals surface area contributed by atoms with Crippen molar-refractivity contribution in [2.45, 2.75) is 16.2 Å². The molecule has 2 heterocycles. The Morgan fingerprint density at radius 3 is 1.74 bits per heavy atom. The average Bonchev–Trinajstić information content (AvgIpc) is 3.21. The maximum atomic E-state index is 12.5. The van der Waals surface area contributed by atoms with Crippen LogP contribution < -0.4 is 214 Å². The summed E-state index contributed by atoms with van der Waals surface area (Å²) in [6.07, 6.45) is 3.16. The molecule has 1 atom stereocenters. The normalized spacial score (nSPS) is 11.6. The van der Waals surface area contributed by atoms with E-state index in [9.17, 15) is 58.9 Å². The third-order valence-corrected chi connectivity index (χ3v) is 11.0. The van der Waals surface area contributed by atoms with E-state index in [4.69, 9.17) is 5.41 Å². The van der Waals surface area contributed by atoms with E-state index >= 15 is 0 Å². The summed E-state index contributed by atoms with van der Waals surface area (Å²) in [5.41, 5.74) is 0.217. The Kier molecular flexibility index (Phi) is 40.5. The largest absolute Gasteiger partial charge is 1.00 e. The molecule has 0 amide bonds. The molecule has 0 saturated carbocycles. The third kappa shape index (κ3) is 28.9. The van der Waals surface area contributed by atoms with Crippen molar-refractivity contribution in [2.75, 3.05) is 51.6 Å². The molecule has 42 heteroatoms. The van der Waals surface area contributed by atoms with Gasteiger partial charge < -0.3 is 55.0 Å². The molecular weight excluding hydrogens is 1120 g/mol. The second-order valence-electron chi connectivity index (χ2n) is 11.5. The number of nitrogens with one attached hydrogen (secondary N) is 5. The predicted molar refractivity (Wildman–Crippen MR) is 214 cm³/mol. The smallest absolute Gasteiger partial charge is 0.748 e. The molecule has 4 rings (SSSR count). The van der Waals surface area contributed by atoms with E-state index in [-0.39, 0.29) is 246 Å². The summed E-state index contributed by atoms with van der Waals surface area (Å²) in [5, 5.41) is 55.4. The van der Waals surface area contributed by atoms with Crippen LogP contribution in [-0.2, 0) is 70.9 Å². The zero-order chi connectivity index (χ0) is 46.9. The first-order valence-corrected chi connectivity index (χ1v) is 23.9. The van der Waals surface area contributed by atoms with Crippen molar-refractivity contribution in [2.24, 2.45) is 4.99 Å². The molecule has 0 saturated heterocycles. The molecule has 4 aromatic rings. The third-order valence-electron chi connectivity index (χ3n) is 6.99. The Bertz CT molecular complexity index is 2670. The molecule has 2 aromatic carbocycles. The first-order chi connectivity index (χ1) is 30.2. The summed E-state index contributed by atoms with van der Waals surface area (Å²) in [7, 11) is -14.5. The second kappa shape index (κ2) is 37.7. The summed E-state index contributed by atoms with van der Waals surface area (Å²) in [5.74, 6) is -3.41. The van der Waals surface area contributed by atoms with Crippen LogP contribution >= 0.6 is 24.1 Å². The van der Waals surface area contributed by atoms with E-state index in [1.165, 1.54) is 48.7 Å². The molecular formula is C28H26N12Na6O18S6. The molecule has 2 aromatic heterocycles. The van der Waals surface area contributed by atoms with Crippen LogP contribution in [0.2, 0.25) is 0 Å². The van der Waals surface area contributed by atoms with Crippen LogP contribution in [0.1, 0.15) is 17.0 Å². The van der Waals surface area contributed by atoms with E-state index in [0.29, 0.717) is 24.1 Å². The van der Waals surface area contributed by atoms with Crippen LogP contribution in [0.3, 0.4) is 0 Å². The van der Waals surface area contributed by atoms with Crippen LogP contribution in [0.4, 0.5) is 41.1 Å². The maximum Gasteiger partial charge on any atom is 1.00 e. The van der Waals surface area contributed by atoms with Crippen LogP contribution in [0.15, 0.2) is 51.2 Å². The van der Waals surface area contributed by atoms with Gasteiger partial charge in [-0.15, -0.1) is 0 Å². The minimum atomic E-state index is -5.21. The second-order valence-corrected chi connectivity index (χ2v) is 18.4. The quantitative estimate of drug-likeness (QED) is 0.00448. The van der Waals surface area contributed by atoms with E-state index in [2.05, 4.69) is 79.2 Å². The van der Waals surface area contributed by atoms with E-state index in [1.807, 2.05) is 0 Å². The number of anilines is 6. The maximum absolute atomic E-state index is 12.5. The monoisotopic (exact) mass is 1150 g/mol. The summed E-state index contributed by atoms with van der Waals surface area (Å²) >= 11 is -1.73. The molecule has 30 nitrogen and oxygen atoms in total. The minimum Gasteiger partial charge on any atom is -0.748 e. The predicted octanol–water partition coefficient (Wildman–Crippen LogP) is -20.2. The number of hydrogen-bond donors (Lipinski definition) is 5. The van der Waals surface area contributed by atoms with Gasteiger partial charge in [0, 0.05) is 47.6 Å². The molecule has 0 aliphatic heterocycles. The van der Waals surface area contributed by atoms with Crippen molar-refractivity contribution in [1.82, 2.24) is 29.9 Å². The molecule has 0 spiro atoms. The van der Waals surface area contributed by atoms with Gasteiger partial charge in [-0.25, -0.2) is 34.5 Å². The molecule has 0 aliphatic rings. The molecule has 5 N–H and O–H groups in total. The number of aromatic nitrogens is 6. The average molecular weight is 1150 g/mol. The van der Waals surface area contributed by atoms with E-state index < -0.39 is 82.4 Å². The Labute approximate surface area is 542 Å². The van der Waals surface area contributed by atoms with Crippen LogP contribution in [0.25, 0.3) is 12.2 Å². The summed E-state index contributed by atoms with van der Waals surface area (Å²) in [4.78, 5) is 27.4. The Balaban J connectivity index is -0.00000748. The number of rotatable bonds is 26. The molecule has 70 heavy (non-hydrogen) atoms. The Hall–Kier alpha value is 1.000. The van der Waals surface area contributed by atoms with Gasteiger partial charge in [0.15, 0.2) is 11.1 Å². The molecule has 0 aliphatic carbocycles. The first kappa shape index (κ1) is 75.2. The van der Waals surface area contributed by atoms with Crippen molar-refractivity contribution >= 4 is 130 Å². The Morgan fingerprint density at radius 2 is 1.21 bits per heavy atom. The van der Waals surface area contributed by atoms with Gasteiger partial charge in [-0.1, -0.05) is 24.3 Å². The fraction of sp³-hybridized carbons (Fsp3) is 0.214. The molecule has 0 bridgehead atoms. The standard InChI is InChI=1S/C28H32N12O18S6.6Na/c29-22(61(44)56-43)15-23-35-24(30-7-10-59-57-54-41)38-27(36-23)34-19-6-4-17(21(14-19)64(51,52)53)2-1-16-3-5-18(13-20(16)60-58-55-42)33-28-39-25(31-8-11-62(45,46)47)37-26(40-28)32-9-12-63(48,49)50;;;;;;/h1-7,13-14,29,41-43H,8-12,15H2,(H,45,46,47)(H,48,49,50)(H,51,52,53)(H,34,35,36,38)(H3,31,32,33,37,39,40);;;;;;/q;6*+1/p-6. The van der Waals surface area contributed by atoms with Gasteiger partial charge in [-0.2, -0.15) is 38.6 Å². The number of aliphatic imine (C=N–C) groups is 1. The van der Waals surface area contributed by atoms with Crippen molar-refractivity contribution in [3.05, 3.63) is 53.3 Å².